The van der Waals surface area contributed by atoms with E-state index >= 15 is 0 Å². The zero-order valence-corrected chi connectivity index (χ0v) is 9.48. The summed E-state index contributed by atoms with van der Waals surface area (Å²) in [6.07, 6.45) is 2.31. The van der Waals surface area contributed by atoms with Crippen molar-refractivity contribution in [3.8, 4) is 0 Å². The summed E-state index contributed by atoms with van der Waals surface area (Å²) in [4.78, 5) is 0. The van der Waals surface area contributed by atoms with Gasteiger partial charge in [0.1, 0.15) is 0 Å². The zero-order valence-electron chi connectivity index (χ0n) is 9.48. The Balaban J connectivity index is 2.11. The average Bonchev–Trinajstić information content (AvgIpc) is 3.12. The maximum absolute atomic E-state index is 10.5. The van der Waals surface area contributed by atoms with Crippen LogP contribution in [0.5, 0.6) is 0 Å². The Morgan fingerprint density at radius 2 is 1.75 bits per heavy atom. The molecule has 1 nitrogen and oxygen atoms in total. The van der Waals surface area contributed by atoms with E-state index in [1.807, 2.05) is 19.1 Å². The standard InChI is InChI=1S/C15H16O/c1-15(16,13-8-9-13)14-7-6-11-4-2-3-5-12(11)10-14/h2-7,10,13,16H,8-9H2,1H3/t15-/m1/s1. The van der Waals surface area contributed by atoms with Gasteiger partial charge in [-0.2, -0.15) is 0 Å². The maximum Gasteiger partial charge on any atom is 0.0896 e. The highest BCUT2D eigenvalue weighted by Gasteiger charge is 2.41. The number of hydrogen-bond acceptors (Lipinski definition) is 1. The second-order valence-electron chi connectivity index (χ2n) is 4.98. The van der Waals surface area contributed by atoms with E-state index in [0.29, 0.717) is 5.92 Å². The van der Waals surface area contributed by atoms with Crippen molar-refractivity contribution in [2.75, 3.05) is 0 Å². The van der Waals surface area contributed by atoms with Gasteiger partial charge in [-0.25, -0.2) is 0 Å². The summed E-state index contributed by atoms with van der Waals surface area (Å²) in [5, 5.41) is 12.9. The third kappa shape index (κ3) is 1.52. The molecule has 0 amide bonds. The maximum atomic E-state index is 10.5. The second kappa shape index (κ2) is 3.33. The van der Waals surface area contributed by atoms with Gasteiger partial charge in [-0.15, -0.1) is 0 Å². The molecular weight excluding hydrogens is 196 g/mol. The largest absolute Gasteiger partial charge is 0.385 e. The first kappa shape index (κ1) is 9.86. The van der Waals surface area contributed by atoms with Crippen LogP contribution in [0, 0.1) is 5.92 Å². The zero-order chi connectivity index (χ0) is 11.2. The van der Waals surface area contributed by atoms with Crippen molar-refractivity contribution >= 4 is 10.8 Å². The fourth-order valence-electron chi connectivity index (χ4n) is 2.39. The van der Waals surface area contributed by atoms with Crippen LogP contribution in [0.4, 0.5) is 0 Å². The molecule has 0 aromatic heterocycles. The molecule has 0 spiro atoms. The van der Waals surface area contributed by atoms with E-state index in [1.54, 1.807) is 0 Å². The molecule has 0 unspecified atom stereocenters. The molecule has 1 heteroatoms. The Kier molecular flexibility index (Phi) is 2.05. The highest BCUT2D eigenvalue weighted by molar-refractivity contribution is 5.83. The van der Waals surface area contributed by atoms with Gasteiger partial charge in [0.2, 0.25) is 0 Å². The quantitative estimate of drug-likeness (QED) is 0.808. The Hall–Kier alpha value is -1.34. The van der Waals surface area contributed by atoms with Crippen LogP contribution in [0.3, 0.4) is 0 Å². The van der Waals surface area contributed by atoms with Crippen LogP contribution in [-0.4, -0.2) is 5.11 Å². The minimum absolute atomic E-state index is 0.452. The summed E-state index contributed by atoms with van der Waals surface area (Å²) < 4.78 is 0. The van der Waals surface area contributed by atoms with Crippen LogP contribution in [-0.2, 0) is 5.60 Å². The fraction of sp³-hybridized carbons (Fsp3) is 0.333. The number of hydrogen-bond donors (Lipinski definition) is 1. The Bertz CT molecular complexity index is 524. The molecule has 2 aromatic carbocycles. The molecule has 82 valence electrons. The van der Waals surface area contributed by atoms with E-state index in [4.69, 9.17) is 0 Å². The molecule has 1 saturated carbocycles. The molecule has 0 bridgehead atoms. The number of rotatable bonds is 2. The summed E-state index contributed by atoms with van der Waals surface area (Å²) in [6, 6.07) is 14.6. The average molecular weight is 212 g/mol. The number of fused-ring (bicyclic) bond motifs is 1. The van der Waals surface area contributed by atoms with Crippen LogP contribution in [0.1, 0.15) is 25.3 Å². The molecule has 0 aliphatic heterocycles. The molecule has 0 saturated heterocycles. The normalized spacial score (nSPS) is 19.6. The smallest absolute Gasteiger partial charge is 0.0896 e. The van der Waals surface area contributed by atoms with Gasteiger partial charge in [-0.1, -0.05) is 36.4 Å². The van der Waals surface area contributed by atoms with Crippen LogP contribution in [0.2, 0.25) is 0 Å². The van der Waals surface area contributed by atoms with Gasteiger partial charge in [0.15, 0.2) is 0 Å². The summed E-state index contributed by atoms with van der Waals surface area (Å²) in [5.74, 6) is 0.452. The van der Waals surface area contributed by atoms with Crippen LogP contribution in [0.25, 0.3) is 10.8 Å². The lowest BCUT2D eigenvalue weighted by atomic mass is 9.89. The first-order chi connectivity index (χ1) is 7.68. The fourth-order valence-corrected chi connectivity index (χ4v) is 2.39. The third-order valence-corrected chi connectivity index (χ3v) is 3.71. The van der Waals surface area contributed by atoms with Crippen molar-refractivity contribution in [2.24, 2.45) is 5.92 Å². The van der Waals surface area contributed by atoms with Crippen LogP contribution >= 0.6 is 0 Å². The topological polar surface area (TPSA) is 20.2 Å². The van der Waals surface area contributed by atoms with E-state index in [-0.39, 0.29) is 0 Å². The molecule has 16 heavy (non-hydrogen) atoms. The van der Waals surface area contributed by atoms with Gasteiger partial charge in [0.25, 0.3) is 0 Å². The van der Waals surface area contributed by atoms with Gasteiger partial charge in [-0.05, 0) is 48.1 Å². The van der Waals surface area contributed by atoms with Crippen molar-refractivity contribution in [3.63, 3.8) is 0 Å². The highest BCUT2D eigenvalue weighted by atomic mass is 16.3. The molecule has 1 fully saturated rings. The van der Waals surface area contributed by atoms with Crippen molar-refractivity contribution in [3.05, 3.63) is 48.0 Å². The lowest BCUT2D eigenvalue weighted by molar-refractivity contribution is 0.0332. The van der Waals surface area contributed by atoms with E-state index in [1.165, 1.54) is 10.8 Å². The van der Waals surface area contributed by atoms with Gasteiger partial charge in [0, 0.05) is 0 Å². The van der Waals surface area contributed by atoms with E-state index < -0.39 is 5.60 Å². The highest BCUT2D eigenvalue weighted by Crippen LogP contribution is 2.45. The molecule has 2 aromatic rings. The Labute approximate surface area is 95.7 Å². The van der Waals surface area contributed by atoms with Gasteiger partial charge < -0.3 is 5.11 Å². The molecule has 0 heterocycles. The van der Waals surface area contributed by atoms with Crippen molar-refractivity contribution in [1.29, 1.82) is 0 Å². The minimum atomic E-state index is -0.649. The monoisotopic (exact) mass is 212 g/mol. The number of aliphatic hydroxyl groups is 1. The van der Waals surface area contributed by atoms with Crippen LogP contribution < -0.4 is 0 Å². The Morgan fingerprint density at radius 3 is 2.44 bits per heavy atom. The van der Waals surface area contributed by atoms with Crippen molar-refractivity contribution in [1.82, 2.24) is 0 Å². The third-order valence-electron chi connectivity index (χ3n) is 3.71. The lowest BCUT2D eigenvalue weighted by Crippen LogP contribution is -2.23. The summed E-state index contributed by atoms with van der Waals surface area (Å²) >= 11 is 0. The molecule has 1 aliphatic rings. The molecule has 1 atom stereocenters. The van der Waals surface area contributed by atoms with Crippen molar-refractivity contribution in [2.45, 2.75) is 25.4 Å². The molecule has 1 N–H and O–H groups in total. The summed E-state index contributed by atoms with van der Waals surface area (Å²) in [7, 11) is 0. The molecule has 3 rings (SSSR count). The summed E-state index contributed by atoms with van der Waals surface area (Å²) in [6.45, 7) is 1.94. The van der Waals surface area contributed by atoms with Gasteiger partial charge >= 0.3 is 0 Å². The van der Waals surface area contributed by atoms with Crippen LogP contribution in [0.15, 0.2) is 42.5 Å². The number of benzene rings is 2. The minimum Gasteiger partial charge on any atom is -0.385 e. The van der Waals surface area contributed by atoms with Gasteiger partial charge in [-0.3, -0.25) is 0 Å². The predicted molar refractivity (Wildman–Crippen MR) is 66.2 cm³/mol. The van der Waals surface area contributed by atoms with Crippen molar-refractivity contribution < 1.29 is 5.11 Å². The SMILES string of the molecule is C[C@](O)(c1ccc2ccccc2c1)C1CC1. The molecule has 1 aliphatic carbocycles. The summed E-state index contributed by atoms with van der Waals surface area (Å²) in [5.41, 5.74) is 0.401. The lowest BCUT2D eigenvalue weighted by Gasteiger charge is -2.23. The molecule has 0 radical (unpaired) electrons. The Morgan fingerprint density at radius 1 is 1.06 bits per heavy atom. The van der Waals surface area contributed by atoms with E-state index in [2.05, 4.69) is 30.3 Å². The van der Waals surface area contributed by atoms with Gasteiger partial charge in [0.05, 0.1) is 5.60 Å². The first-order valence-corrected chi connectivity index (χ1v) is 5.89. The predicted octanol–water partition coefficient (Wildman–Crippen LogP) is 3.46. The van der Waals surface area contributed by atoms with E-state index in [0.717, 1.165) is 18.4 Å². The molecular formula is C15H16O. The first-order valence-electron chi connectivity index (χ1n) is 5.89. The second-order valence-corrected chi connectivity index (χ2v) is 4.98. The van der Waals surface area contributed by atoms with E-state index in [9.17, 15) is 5.11 Å².